The van der Waals surface area contributed by atoms with Crippen molar-refractivity contribution in [3.05, 3.63) is 42.5 Å². The van der Waals surface area contributed by atoms with Gasteiger partial charge in [0.25, 0.3) is 0 Å². The molecule has 1 rings (SSSR count). The van der Waals surface area contributed by atoms with Crippen molar-refractivity contribution in [3.63, 3.8) is 0 Å². The lowest BCUT2D eigenvalue weighted by molar-refractivity contribution is 0.306. The van der Waals surface area contributed by atoms with Crippen molar-refractivity contribution in [1.29, 1.82) is 0 Å². The van der Waals surface area contributed by atoms with E-state index in [-0.39, 0.29) is 24.0 Å². The van der Waals surface area contributed by atoms with Crippen molar-refractivity contribution in [2.24, 2.45) is 4.99 Å². The van der Waals surface area contributed by atoms with Crippen LogP contribution in [0.5, 0.6) is 5.75 Å². The lowest BCUT2D eigenvalue weighted by atomic mass is 10.2. The third kappa shape index (κ3) is 9.80. The monoisotopic (exact) mass is 445 g/mol. The highest BCUT2D eigenvalue weighted by atomic mass is 127. The van der Waals surface area contributed by atoms with Gasteiger partial charge in [-0.15, -0.1) is 30.6 Å². The maximum absolute atomic E-state index is 5.73. The zero-order valence-electron chi connectivity index (χ0n) is 15.3. The van der Waals surface area contributed by atoms with Crippen LogP contribution in [0.4, 0.5) is 0 Å². The van der Waals surface area contributed by atoms with E-state index in [2.05, 4.69) is 47.9 Å². The quantitative estimate of drug-likeness (QED) is 0.192. The van der Waals surface area contributed by atoms with Crippen LogP contribution in [-0.2, 0) is 0 Å². The Morgan fingerprint density at radius 1 is 1.25 bits per heavy atom. The molecular formula is C19H32IN3O. The van der Waals surface area contributed by atoms with Gasteiger partial charge in [-0.05, 0) is 44.7 Å². The number of guanidine groups is 1. The van der Waals surface area contributed by atoms with E-state index >= 15 is 0 Å². The highest BCUT2D eigenvalue weighted by Gasteiger charge is 2.04. The summed E-state index contributed by atoms with van der Waals surface area (Å²) in [5, 5.41) is 3.40. The molecule has 0 saturated heterocycles. The van der Waals surface area contributed by atoms with Crippen LogP contribution in [0.3, 0.4) is 0 Å². The van der Waals surface area contributed by atoms with E-state index in [9.17, 15) is 0 Å². The van der Waals surface area contributed by atoms with Crippen LogP contribution in [0, 0.1) is 6.92 Å². The number of hydrogen-bond donors (Lipinski definition) is 1. The zero-order chi connectivity index (χ0) is 16.9. The van der Waals surface area contributed by atoms with Crippen molar-refractivity contribution in [3.8, 4) is 5.75 Å². The van der Waals surface area contributed by atoms with E-state index in [0.29, 0.717) is 0 Å². The summed E-state index contributed by atoms with van der Waals surface area (Å²) in [4.78, 5) is 6.47. The largest absolute Gasteiger partial charge is 0.494 e. The van der Waals surface area contributed by atoms with E-state index < -0.39 is 0 Å². The number of aryl methyl sites for hydroxylation is 1. The molecule has 0 aliphatic heterocycles. The number of nitrogens with one attached hydrogen (secondary N) is 1. The van der Waals surface area contributed by atoms with Gasteiger partial charge in [-0.2, -0.15) is 0 Å². The summed E-state index contributed by atoms with van der Waals surface area (Å²) < 4.78 is 5.73. The Kier molecular flexibility index (Phi) is 13.4. The summed E-state index contributed by atoms with van der Waals surface area (Å²) in [6.07, 6.45) is 6.18. The predicted octanol–water partition coefficient (Wildman–Crippen LogP) is 4.25. The van der Waals surface area contributed by atoms with Gasteiger partial charge in [-0.1, -0.05) is 23.8 Å². The van der Waals surface area contributed by atoms with Gasteiger partial charge >= 0.3 is 0 Å². The topological polar surface area (TPSA) is 36.9 Å². The van der Waals surface area contributed by atoms with Gasteiger partial charge < -0.3 is 15.0 Å². The number of halogens is 1. The lowest BCUT2D eigenvalue weighted by Gasteiger charge is -2.21. The number of allylic oxidation sites excluding steroid dienone is 1. The fourth-order valence-electron chi connectivity index (χ4n) is 2.22. The molecule has 0 radical (unpaired) electrons. The van der Waals surface area contributed by atoms with Gasteiger partial charge in [0, 0.05) is 27.2 Å². The van der Waals surface area contributed by atoms with Crippen molar-refractivity contribution < 1.29 is 4.74 Å². The van der Waals surface area contributed by atoms with Crippen LogP contribution in [0.2, 0.25) is 0 Å². The predicted molar refractivity (Wildman–Crippen MR) is 115 cm³/mol. The smallest absolute Gasteiger partial charge is 0.193 e. The summed E-state index contributed by atoms with van der Waals surface area (Å²) in [5.41, 5.74) is 1.25. The van der Waals surface area contributed by atoms with E-state index in [4.69, 9.17) is 4.74 Å². The second kappa shape index (κ2) is 14.1. The van der Waals surface area contributed by atoms with Gasteiger partial charge in [-0.3, -0.25) is 4.99 Å². The van der Waals surface area contributed by atoms with Crippen LogP contribution < -0.4 is 10.1 Å². The van der Waals surface area contributed by atoms with Gasteiger partial charge in [0.05, 0.1) is 6.61 Å². The highest BCUT2D eigenvalue weighted by molar-refractivity contribution is 14.0. The molecule has 0 bridgehead atoms. The molecule has 0 aromatic heterocycles. The molecule has 136 valence electrons. The van der Waals surface area contributed by atoms with Gasteiger partial charge in [0.1, 0.15) is 5.75 Å². The van der Waals surface area contributed by atoms with E-state index in [1.165, 1.54) is 5.56 Å². The molecule has 24 heavy (non-hydrogen) atoms. The maximum Gasteiger partial charge on any atom is 0.193 e. The van der Waals surface area contributed by atoms with Crippen molar-refractivity contribution in [2.75, 3.05) is 33.8 Å². The minimum atomic E-state index is 0. The van der Waals surface area contributed by atoms with Crippen LogP contribution in [0.25, 0.3) is 0 Å². The van der Waals surface area contributed by atoms with E-state index in [1.807, 2.05) is 25.3 Å². The standard InChI is InChI=1S/C19H31N3O.HI/c1-5-6-8-15-22(4)19(20-3)21-14-7-9-16-23-18-12-10-17(2)11-13-18;/h5,10-13H,1,6-9,14-16H2,2-4H3,(H,20,21);1H. The fourth-order valence-corrected chi connectivity index (χ4v) is 2.22. The number of aliphatic imine (C=N–C) groups is 1. The molecule has 1 N–H and O–H groups in total. The molecule has 0 spiro atoms. The highest BCUT2D eigenvalue weighted by Crippen LogP contribution is 2.11. The second-order valence-electron chi connectivity index (χ2n) is 5.70. The van der Waals surface area contributed by atoms with Gasteiger partial charge in [-0.25, -0.2) is 0 Å². The van der Waals surface area contributed by atoms with Crippen molar-refractivity contribution >= 4 is 29.9 Å². The number of hydrogen-bond acceptors (Lipinski definition) is 2. The first-order valence-electron chi connectivity index (χ1n) is 8.39. The summed E-state index contributed by atoms with van der Waals surface area (Å²) in [5.74, 6) is 1.90. The summed E-state index contributed by atoms with van der Waals surface area (Å²) in [6.45, 7) is 8.48. The summed E-state index contributed by atoms with van der Waals surface area (Å²) in [6, 6.07) is 8.19. The average molecular weight is 445 g/mol. The Bertz CT molecular complexity index is 474. The van der Waals surface area contributed by atoms with Gasteiger partial charge in [0.15, 0.2) is 5.96 Å². The van der Waals surface area contributed by atoms with Crippen LogP contribution in [0.15, 0.2) is 41.9 Å². The number of ether oxygens (including phenoxy) is 1. The second-order valence-corrected chi connectivity index (χ2v) is 5.70. The SMILES string of the molecule is C=CCCCN(C)C(=NC)NCCCCOc1ccc(C)cc1.I. The first kappa shape index (κ1) is 22.8. The van der Waals surface area contributed by atoms with Crippen LogP contribution in [0.1, 0.15) is 31.2 Å². The molecule has 4 nitrogen and oxygen atoms in total. The van der Waals surface area contributed by atoms with Gasteiger partial charge in [0.2, 0.25) is 0 Å². The normalized spacial score (nSPS) is 10.7. The Morgan fingerprint density at radius 2 is 1.96 bits per heavy atom. The number of unbranched alkanes of at least 4 members (excludes halogenated alkanes) is 2. The molecule has 5 heteroatoms. The molecule has 0 heterocycles. The molecule has 1 aromatic carbocycles. The molecule has 1 aromatic rings. The average Bonchev–Trinajstić information content (AvgIpc) is 2.56. The van der Waals surface area contributed by atoms with Crippen LogP contribution in [-0.4, -0.2) is 44.7 Å². The Morgan fingerprint density at radius 3 is 2.58 bits per heavy atom. The molecule has 0 saturated carbocycles. The zero-order valence-corrected chi connectivity index (χ0v) is 17.6. The fraction of sp³-hybridized carbons (Fsp3) is 0.526. The number of nitrogens with zero attached hydrogens (tertiary/aromatic N) is 2. The van der Waals surface area contributed by atoms with E-state index in [0.717, 1.165) is 57.1 Å². The molecule has 0 aliphatic rings. The Balaban J connectivity index is 0.00000529. The molecule has 0 atom stereocenters. The third-order valence-corrected chi connectivity index (χ3v) is 3.62. The first-order chi connectivity index (χ1) is 11.2. The first-order valence-corrected chi connectivity index (χ1v) is 8.39. The molecule has 0 amide bonds. The minimum Gasteiger partial charge on any atom is -0.494 e. The Hall–Kier alpha value is -1.24. The summed E-state index contributed by atoms with van der Waals surface area (Å²) >= 11 is 0. The molecule has 0 unspecified atom stereocenters. The number of rotatable bonds is 10. The minimum absolute atomic E-state index is 0. The lowest BCUT2D eigenvalue weighted by Crippen LogP contribution is -2.39. The molecule has 0 fully saturated rings. The van der Waals surface area contributed by atoms with Crippen LogP contribution >= 0.6 is 24.0 Å². The summed E-state index contributed by atoms with van der Waals surface area (Å²) in [7, 11) is 3.89. The van der Waals surface area contributed by atoms with E-state index in [1.54, 1.807) is 0 Å². The Labute approximate surface area is 164 Å². The van der Waals surface area contributed by atoms with Crippen molar-refractivity contribution in [1.82, 2.24) is 10.2 Å². The molecular weight excluding hydrogens is 413 g/mol. The van der Waals surface area contributed by atoms with Crippen molar-refractivity contribution in [2.45, 2.75) is 32.6 Å². The number of benzene rings is 1. The third-order valence-electron chi connectivity index (χ3n) is 3.62. The molecule has 0 aliphatic carbocycles. The maximum atomic E-state index is 5.73.